The molecule has 0 heterocycles. The van der Waals surface area contributed by atoms with E-state index < -0.39 is 5.97 Å². The number of carboxylic acids is 1. The molecule has 0 radical (unpaired) electrons. The molecule has 0 aliphatic heterocycles. The van der Waals surface area contributed by atoms with Gasteiger partial charge < -0.3 is 20.1 Å². The van der Waals surface area contributed by atoms with E-state index >= 15 is 0 Å². The normalized spacial score (nSPS) is 14.6. The van der Waals surface area contributed by atoms with Crippen molar-refractivity contribution in [3.8, 4) is 0 Å². The summed E-state index contributed by atoms with van der Waals surface area (Å²) >= 11 is 0. The lowest BCUT2D eigenvalue weighted by Gasteiger charge is -2.20. The highest BCUT2D eigenvalue weighted by Crippen LogP contribution is 2.26. The number of amides is 2. The minimum Gasteiger partial charge on any atom is -0.480 e. The zero-order chi connectivity index (χ0) is 12.0. The number of urea groups is 1. The van der Waals surface area contributed by atoms with Gasteiger partial charge in [0.25, 0.3) is 0 Å². The molecular formula is C10H18N2O4. The van der Waals surface area contributed by atoms with Gasteiger partial charge in [-0.1, -0.05) is 0 Å². The highest BCUT2D eigenvalue weighted by Gasteiger charge is 2.30. The van der Waals surface area contributed by atoms with Crippen molar-refractivity contribution in [2.75, 3.05) is 26.3 Å². The fraction of sp³-hybridized carbons (Fsp3) is 0.800. The van der Waals surface area contributed by atoms with E-state index in [1.807, 2.05) is 6.92 Å². The van der Waals surface area contributed by atoms with Gasteiger partial charge in [-0.05, 0) is 19.8 Å². The molecule has 2 N–H and O–H groups in total. The Morgan fingerprint density at radius 1 is 1.50 bits per heavy atom. The van der Waals surface area contributed by atoms with Gasteiger partial charge in [0.2, 0.25) is 0 Å². The minimum atomic E-state index is -1.00. The van der Waals surface area contributed by atoms with E-state index in [4.69, 9.17) is 9.84 Å². The molecule has 0 bridgehead atoms. The third-order valence-corrected chi connectivity index (χ3v) is 2.34. The minimum absolute atomic E-state index is 0.0936. The van der Waals surface area contributed by atoms with Gasteiger partial charge in [-0.15, -0.1) is 0 Å². The van der Waals surface area contributed by atoms with Gasteiger partial charge in [0.1, 0.15) is 6.61 Å². The lowest BCUT2D eigenvalue weighted by Crippen LogP contribution is -2.42. The first kappa shape index (κ1) is 12.8. The molecule has 1 aliphatic carbocycles. The Morgan fingerprint density at radius 3 is 2.69 bits per heavy atom. The predicted octanol–water partition coefficient (Wildman–Crippen LogP) is 0.281. The highest BCUT2D eigenvalue weighted by atomic mass is 16.5. The molecule has 6 heteroatoms. The summed E-state index contributed by atoms with van der Waals surface area (Å²) in [4.78, 5) is 23.5. The number of aliphatic carboxylic acids is 1. The van der Waals surface area contributed by atoms with Crippen molar-refractivity contribution in [3.63, 3.8) is 0 Å². The van der Waals surface area contributed by atoms with E-state index in [9.17, 15) is 9.59 Å². The Bertz CT molecular complexity index is 253. The second-order valence-corrected chi connectivity index (χ2v) is 3.70. The zero-order valence-corrected chi connectivity index (χ0v) is 9.44. The number of carbonyl (C=O) groups is 2. The average molecular weight is 230 g/mol. The van der Waals surface area contributed by atoms with Crippen LogP contribution in [0.25, 0.3) is 0 Å². The van der Waals surface area contributed by atoms with Crippen molar-refractivity contribution in [3.05, 3.63) is 0 Å². The average Bonchev–Trinajstić information content (AvgIpc) is 3.02. The van der Waals surface area contributed by atoms with E-state index in [2.05, 4.69) is 5.32 Å². The van der Waals surface area contributed by atoms with E-state index in [-0.39, 0.29) is 19.2 Å². The van der Waals surface area contributed by atoms with Crippen molar-refractivity contribution in [2.24, 2.45) is 0 Å². The summed E-state index contributed by atoms with van der Waals surface area (Å²) in [7, 11) is 0. The molecule has 16 heavy (non-hydrogen) atoms. The standard InChI is InChI=1S/C10H18N2O4/c1-2-12(8-3-4-8)10(15)11-5-6-16-7-9(13)14/h8H,2-7H2,1H3,(H,11,15)(H,13,14). The van der Waals surface area contributed by atoms with Crippen molar-refractivity contribution < 1.29 is 19.4 Å². The van der Waals surface area contributed by atoms with E-state index in [0.29, 0.717) is 19.1 Å². The first-order valence-electron chi connectivity index (χ1n) is 5.49. The molecule has 6 nitrogen and oxygen atoms in total. The summed E-state index contributed by atoms with van der Waals surface area (Å²) in [6.45, 7) is 2.89. The van der Waals surface area contributed by atoms with E-state index in [1.165, 1.54) is 0 Å². The monoisotopic (exact) mass is 230 g/mol. The second-order valence-electron chi connectivity index (χ2n) is 3.70. The molecule has 0 atom stereocenters. The number of carbonyl (C=O) groups excluding carboxylic acids is 1. The van der Waals surface area contributed by atoms with Crippen molar-refractivity contribution in [1.29, 1.82) is 0 Å². The van der Waals surface area contributed by atoms with Gasteiger partial charge in [-0.2, -0.15) is 0 Å². The molecule has 1 fully saturated rings. The molecule has 0 spiro atoms. The fourth-order valence-electron chi connectivity index (χ4n) is 1.44. The Labute approximate surface area is 94.6 Å². The van der Waals surface area contributed by atoms with Crippen LogP contribution in [0.1, 0.15) is 19.8 Å². The predicted molar refractivity (Wildman–Crippen MR) is 57.3 cm³/mol. The molecule has 2 amide bonds. The lowest BCUT2D eigenvalue weighted by atomic mass is 10.5. The maximum Gasteiger partial charge on any atom is 0.329 e. The number of rotatable bonds is 7. The van der Waals surface area contributed by atoms with Crippen LogP contribution in [-0.2, 0) is 9.53 Å². The Kier molecular flexibility index (Phi) is 5.04. The van der Waals surface area contributed by atoms with Crippen LogP contribution >= 0.6 is 0 Å². The number of hydrogen-bond acceptors (Lipinski definition) is 3. The van der Waals surface area contributed by atoms with Gasteiger partial charge in [0, 0.05) is 19.1 Å². The second kappa shape index (κ2) is 6.32. The molecule has 1 saturated carbocycles. The number of nitrogens with zero attached hydrogens (tertiary/aromatic N) is 1. The summed E-state index contributed by atoms with van der Waals surface area (Å²) in [6.07, 6.45) is 2.16. The molecule has 0 saturated heterocycles. The quantitative estimate of drug-likeness (QED) is 0.616. The Hall–Kier alpha value is -1.30. The fourth-order valence-corrected chi connectivity index (χ4v) is 1.44. The van der Waals surface area contributed by atoms with Crippen LogP contribution in [0.4, 0.5) is 4.79 Å². The van der Waals surface area contributed by atoms with Gasteiger partial charge in [0.15, 0.2) is 0 Å². The van der Waals surface area contributed by atoms with Crippen LogP contribution in [0.2, 0.25) is 0 Å². The van der Waals surface area contributed by atoms with Crippen LogP contribution in [0.3, 0.4) is 0 Å². The molecular weight excluding hydrogens is 212 g/mol. The molecule has 0 aromatic rings. The molecule has 0 aromatic carbocycles. The number of hydrogen-bond donors (Lipinski definition) is 2. The van der Waals surface area contributed by atoms with Crippen LogP contribution in [0.15, 0.2) is 0 Å². The Morgan fingerprint density at radius 2 is 2.19 bits per heavy atom. The topological polar surface area (TPSA) is 78.9 Å². The summed E-state index contributed by atoms with van der Waals surface area (Å²) < 4.78 is 4.80. The zero-order valence-electron chi connectivity index (χ0n) is 9.44. The van der Waals surface area contributed by atoms with Gasteiger partial charge in [-0.25, -0.2) is 9.59 Å². The van der Waals surface area contributed by atoms with Crippen molar-refractivity contribution in [1.82, 2.24) is 10.2 Å². The van der Waals surface area contributed by atoms with Crippen LogP contribution < -0.4 is 5.32 Å². The summed E-state index contributed by atoms with van der Waals surface area (Å²) in [5.41, 5.74) is 0. The molecule has 0 unspecified atom stereocenters. The van der Waals surface area contributed by atoms with Crippen LogP contribution in [0.5, 0.6) is 0 Å². The molecule has 1 aliphatic rings. The summed E-state index contributed by atoms with van der Waals surface area (Å²) in [5, 5.41) is 11.0. The third-order valence-electron chi connectivity index (χ3n) is 2.34. The van der Waals surface area contributed by atoms with Crippen molar-refractivity contribution in [2.45, 2.75) is 25.8 Å². The number of carboxylic acid groups (broad SMARTS) is 1. The molecule has 1 rings (SSSR count). The summed E-state index contributed by atoms with van der Waals surface area (Å²) in [6, 6.07) is 0.300. The van der Waals surface area contributed by atoms with Crippen molar-refractivity contribution >= 4 is 12.0 Å². The van der Waals surface area contributed by atoms with Crippen LogP contribution in [-0.4, -0.2) is 54.4 Å². The summed E-state index contributed by atoms with van der Waals surface area (Å²) in [5.74, 6) is -1.00. The third kappa shape index (κ3) is 4.48. The highest BCUT2D eigenvalue weighted by molar-refractivity contribution is 5.74. The van der Waals surface area contributed by atoms with Gasteiger partial charge in [-0.3, -0.25) is 0 Å². The largest absolute Gasteiger partial charge is 0.480 e. The molecule has 92 valence electrons. The van der Waals surface area contributed by atoms with Gasteiger partial charge in [0.05, 0.1) is 6.61 Å². The first-order chi connectivity index (χ1) is 7.65. The maximum absolute atomic E-state index is 11.6. The molecule has 0 aromatic heterocycles. The van der Waals surface area contributed by atoms with Gasteiger partial charge >= 0.3 is 12.0 Å². The Balaban J connectivity index is 2.07. The number of nitrogens with one attached hydrogen (secondary N) is 1. The number of ether oxygens (including phenoxy) is 1. The first-order valence-corrected chi connectivity index (χ1v) is 5.49. The van der Waals surface area contributed by atoms with E-state index in [1.54, 1.807) is 4.90 Å². The SMILES string of the molecule is CCN(C(=O)NCCOCC(=O)O)C1CC1. The lowest BCUT2D eigenvalue weighted by molar-refractivity contribution is -0.142. The van der Waals surface area contributed by atoms with Crippen LogP contribution in [0, 0.1) is 0 Å². The van der Waals surface area contributed by atoms with E-state index in [0.717, 1.165) is 12.8 Å². The maximum atomic E-state index is 11.6. The smallest absolute Gasteiger partial charge is 0.329 e.